The predicted octanol–water partition coefficient (Wildman–Crippen LogP) is 2.88. The number of rotatable bonds is 7. The van der Waals surface area contributed by atoms with E-state index in [4.69, 9.17) is 4.74 Å². The van der Waals surface area contributed by atoms with Crippen LogP contribution in [0.15, 0.2) is 36.7 Å². The summed E-state index contributed by atoms with van der Waals surface area (Å²) >= 11 is 0. The number of aromatic nitrogens is 2. The van der Waals surface area contributed by atoms with Gasteiger partial charge in [-0.1, -0.05) is 6.92 Å². The summed E-state index contributed by atoms with van der Waals surface area (Å²) in [5.74, 6) is 1.47. The van der Waals surface area contributed by atoms with Crippen molar-refractivity contribution in [2.75, 3.05) is 31.6 Å². The molecule has 1 fully saturated rings. The van der Waals surface area contributed by atoms with Crippen LogP contribution in [0.3, 0.4) is 0 Å². The lowest BCUT2D eigenvalue weighted by Crippen LogP contribution is -2.25. The van der Waals surface area contributed by atoms with E-state index in [-0.39, 0.29) is 5.91 Å². The molecule has 1 amide bonds. The SMILES string of the molecule is CCn1cc(C(=O)Nc2ccc(OCCN3CC[C@H](C)C3)cc2)cn1. The molecule has 0 aliphatic carbocycles. The van der Waals surface area contributed by atoms with Crippen molar-refractivity contribution < 1.29 is 9.53 Å². The molecule has 0 spiro atoms. The monoisotopic (exact) mass is 342 g/mol. The maximum Gasteiger partial charge on any atom is 0.258 e. The highest BCUT2D eigenvalue weighted by Gasteiger charge is 2.17. The number of nitrogens with one attached hydrogen (secondary N) is 1. The molecule has 0 unspecified atom stereocenters. The Kier molecular flexibility index (Phi) is 5.71. The van der Waals surface area contributed by atoms with Gasteiger partial charge in [0.05, 0.1) is 11.8 Å². The molecule has 2 heterocycles. The molecule has 25 heavy (non-hydrogen) atoms. The summed E-state index contributed by atoms with van der Waals surface area (Å²) in [4.78, 5) is 14.6. The second kappa shape index (κ2) is 8.16. The van der Waals surface area contributed by atoms with Gasteiger partial charge in [-0.15, -0.1) is 0 Å². The summed E-state index contributed by atoms with van der Waals surface area (Å²) in [6, 6.07) is 7.49. The highest BCUT2D eigenvalue weighted by Crippen LogP contribution is 2.18. The van der Waals surface area contributed by atoms with Crippen LogP contribution in [0.5, 0.6) is 5.75 Å². The first-order chi connectivity index (χ1) is 12.1. The molecule has 1 aliphatic rings. The number of hydrogen-bond acceptors (Lipinski definition) is 4. The number of ether oxygens (including phenoxy) is 1. The van der Waals surface area contributed by atoms with Crippen molar-refractivity contribution in [1.82, 2.24) is 14.7 Å². The molecule has 1 aliphatic heterocycles. The molecule has 1 aromatic heterocycles. The zero-order chi connectivity index (χ0) is 17.6. The first-order valence-electron chi connectivity index (χ1n) is 8.93. The van der Waals surface area contributed by atoms with E-state index in [1.165, 1.54) is 19.5 Å². The van der Waals surface area contributed by atoms with Gasteiger partial charge in [-0.3, -0.25) is 14.4 Å². The maximum atomic E-state index is 12.2. The minimum absolute atomic E-state index is 0.156. The zero-order valence-electron chi connectivity index (χ0n) is 14.9. The Balaban J connectivity index is 1.46. The van der Waals surface area contributed by atoms with E-state index < -0.39 is 0 Å². The minimum Gasteiger partial charge on any atom is -0.492 e. The fourth-order valence-corrected chi connectivity index (χ4v) is 3.01. The third-order valence-electron chi connectivity index (χ3n) is 4.52. The van der Waals surface area contributed by atoms with E-state index in [2.05, 4.69) is 22.2 Å². The van der Waals surface area contributed by atoms with Gasteiger partial charge in [0.2, 0.25) is 0 Å². The van der Waals surface area contributed by atoms with Gasteiger partial charge >= 0.3 is 0 Å². The standard InChI is InChI=1S/C19H26N4O2/c1-3-23-14-16(12-20-23)19(24)21-17-4-6-18(7-5-17)25-11-10-22-9-8-15(2)13-22/h4-7,12,14-15H,3,8-11,13H2,1-2H3,(H,21,24)/t15-/m0/s1. The molecule has 1 N–H and O–H groups in total. The van der Waals surface area contributed by atoms with Crippen LogP contribution < -0.4 is 10.1 Å². The molecule has 0 bridgehead atoms. The van der Waals surface area contributed by atoms with Crippen molar-refractivity contribution in [1.29, 1.82) is 0 Å². The number of aryl methyl sites for hydroxylation is 1. The van der Waals surface area contributed by atoms with Crippen LogP contribution >= 0.6 is 0 Å². The summed E-state index contributed by atoms with van der Waals surface area (Å²) in [7, 11) is 0. The summed E-state index contributed by atoms with van der Waals surface area (Å²) in [6.45, 7) is 9.01. The first-order valence-corrected chi connectivity index (χ1v) is 8.93. The average molecular weight is 342 g/mol. The van der Waals surface area contributed by atoms with E-state index in [0.717, 1.165) is 30.4 Å². The van der Waals surface area contributed by atoms with Gasteiger partial charge in [0, 0.05) is 31.5 Å². The Labute approximate surface area is 148 Å². The molecule has 6 heteroatoms. The molecule has 6 nitrogen and oxygen atoms in total. The molecule has 0 radical (unpaired) electrons. The second-order valence-corrected chi connectivity index (χ2v) is 6.61. The smallest absolute Gasteiger partial charge is 0.258 e. The summed E-state index contributed by atoms with van der Waals surface area (Å²) in [5, 5.41) is 6.99. The normalized spacial score (nSPS) is 17.6. The quantitative estimate of drug-likeness (QED) is 0.840. The van der Waals surface area contributed by atoms with Gasteiger partial charge in [0.15, 0.2) is 0 Å². The Hall–Kier alpha value is -2.34. The van der Waals surface area contributed by atoms with E-state index in [0.29, 0.717) is 12.2 Å². The highest BCUT2D eigenvalue weighted by atomic mass is 16.5. The molecular formula is C19H26N4O2. The summed E-state index contributed by atoms with van der Waals surface area (Å²) in [5.41, 5.74) is 1.30. The van der Waals surface area contributed by atoms with Crippen molar-refractivity contribution in [2.24, 2.45) is 5.92 Å². The number of nitrogens with zero attached hydrogens (tertiary/aromatic N) is 3. The van der Waals surface area contributed by atoms with E-state index in [1.54, 1.807) is 17.1 Å². The van der Waals surface area contributed by atoms with Gasteiger partial charge in [-0.2, -0.15) is 5.10 Å². The Morgan fingerprint density at radius 2 is 2.16 bits per heavy atom. The number of carbonyl (C=O) groups excluding carboxylic acids is 1. The average Bonchev–Trinajstić information content (AvgIpc) is 3.25. The van der Waals surface area contributed by atoms with E-state index in [9.17, 15) is 4.79 Å². The second-order valence-electron chi connectivity index (χ2n) is 6.61. The lowest BCUT2D eigenvalue weighted by molar-refractivity contribution is 0.102. The van der Waals surface area contributed by atoms with Gasteiger partial charge < -0.3 is 10.1 Å². The summed E-state index contributed by atoms with van der Waals surface area (Å²) in [6.07, 6.45) is 4.60. The maximum absolute atomic E-state index is 12.2. The molecule has 134 valence electrons. The third-order valence-corrected chi connectivity index (χ3v) is 4.52. The Morgan fingerprint density at radius 1 is 1.36 bits per heavy atom. The molecule has 0 saturated carbocycles. The number of benzene rings is 1. The van der Waals surface area contributed by atoms with Crippen molar-refractivity contribution in [3.63, 3.8) is 0 Å². The minimum atomic E-state index is -0.156. The molecular weight excluding hydrogens is 316 g/mol. The highest BCUT2D eigenvalue weighted by molar-refractivity contribution is 6.03. The van der Waals surface area contributed by atoms with Gasteiger partial charge in [0.25, 0.3) is 5.91 Å². The first kappa shape index (κ1) is 17.5. The lowest BCUT2D eigenvalue weighted by Gasteiger charge is -2.15. The summed E-state index contributed by atoms with van der Waals surface area (Å²) < 4.78 is 7.53. The molecule has 3 rings (SSSR count). The van der Waals surface area contributed by atoms with Crippen LogP contribution in [-0.2, 0) is 6.54 Å². The lowest BCUT2D eigenvalue weighted by atomic mass is 10.2. The number of hydrogen-bond donors (Lipinski definition) is 1. The number of amides is 1. The van der Waals surface area contributed by atoms with Crippen molar-refractivity contribution in [3.8, 4) is 5.75 Å². The number of likely N-dealkylation sites (tertiary alicyclic amines) is 1. The third kappa shape index (κ3) is 4.82. The fourth-order valence-electron chi connectivity index (χ4n) is 3.01. The van der Waals surface area contributed by atoms with Gasteiger partial charge in [0.1, 0.15) is 12.4 Å². The van der Waals surface area contributed by atoms with Gasteiger partial charge in [-0.25, -0.2) is 0 Å². The van der Waals surface area contributed by atoms with E-state index >= 15 is 0 Å². The van der Waals surface area contributed by atoms with Crippen LogP contribution in [0.2, 0.25) is 0 Å². The molecule has 1 atom stereocenters. The van der Waals surface area contributed by atoms with Crippen LogP contribution in [0, 0.1) is 5.92 Å². The zero-order valence-corrected chi connectivity index (χ0v) is 14.9. The van der Waals surface area contributed by atoms with Crippen LogP contribution in [0.4, 0.5) is 5.69 Å². The molecule has 1 saturated heterocycles. The van der Waals surface area contributed by atoms with Crippen LogP contribution in [0.1, 0.15) is 30.6 Å². The Bertz CT molecular complexity index is 696. The largest absolute Gasteiger partial charge is 0.492 e. The predicted molar refractivity (Wildman–Crippen MR) is 98.0 cm³/mol. The fraction of sp³-hybridized carbons (Fsp3) is 0.474. The van der Waals surface area contributed by atoms with Crippen molar-refractivity contribution in [3.05, 3.63) is 42.2 Å². The molecule has 2 aromatic rings. The Morgan fingerprint density at radius 3 is 2.80 bits per heavy atom. The van der Waals surface area contributed by atoms with Gasteiger partial charge in [-0.05, 0) is 50.1 Å². The van der Waals surface area contributed by atoms with Crippen molar-refractivity contribution >= 4 is 11.6 Å². The van der Waals surface area contributed by atoms with Crippen LogP contribution in [-0.4, -0.2) is 46.8 Å². The number of carbonyl (C=O) groups is 1. The number of anilines is 1. The van der Waals surface area contributed by atoms with Crippen molar-refractivity contribution in [2.45, 2.75) is 26.8 Å². The van der Waals surface area contributed by atoms with Crippen LogP contribution in [0.25, 0.3) is 0 Å². The topological polar surface area (TPSA) is 59.4 Å². The van der Waals surface area contributed by atoms with E-state index in [1.807, 2.05) is 31.2 Å². The molecule has 1 aromatic carbocycles.